The van der Waals surface area contributed by atoms with Gasteiger partial charge in [0.1, 0.15) is 0 Å². The summed E-state index contributed by atoms with van der Waals surface area (Å²) in [5.41, 5.74) is 3.65. The van der Waals surface area contributed by atoms with Crippen LogP contribution in [0.5, 0.6) is 0 Å². The van der Waals surface area contributed by atoms with E-state index in [1.807, 2.05) is 32.9 Å². The third-order valence-corrected chi connectivity index (χ3v) is 1.75. The van der Waals surface area contributed by atoms with E-state index < -0.39 is 0 Å². The molecule has 0 aliphatic heterocycles. The van der Waals surface area contributed by atoms with E-state index in [0.29, 0.717) is 0 Å². The lowest BCUT2D eigenvalue weighted by Crippen LogP contribution is -1.96. The monoisotopic (exact) mass is 174 g/mol. The van der Waals surface area contributed by atoms with Crippen molar-refractivity contribution in [2.75, 3.05) is 0 Å². The number of allylic oxidation sites excluding steroid dienone is 3. The van der Waals surface area contributed by atoms with Gasteiger partial charge in [-0.3, -0.25) is 4.98 Å². The summed E-state index contributed by atoms with van der Waals surface area (Å²) in [5, 5.41) is 0. The first kappa shape index (κ1) is 9.65. The van der Waals surface area contributed by atoms with Gasteiger partial charge in [-0.25, -0.2) is 4.98 Å². The van der Waals surface area contributed by atoms with Crippen molar-refractivity contribution in [3.05, 3.63) is 42.0 Å². The Morgan fingerprint density at radius 2 is 2.15 bits per heavy atom. The molecule has 0 atom stereocenters. The summed E-state index contributed by atoms with van der Waals surface area (Å²) in [4.78, 5) is 8.60. The van der Waals surface area contributed by atoms with Crippen molar-refractivity contribution >= 4 is 5.57 Å². The van der Waals surface area contributed by atoms with Crippen LogP contribution in [0.4, 0.5) is 0 Å². The maximum Gasteiger partial charge on any atom is 0.0911 e. The van der Waals surface area contributed by atoms with Gasteiger partial charge >= 0.3 is 0 Å². The number of hydrogen-bond donors (Lipinski definition) is 0. The van der Waals surface area contributed by atoms with Gasteiger partial charge in [0.2, 0.25) is 0 Å². The average molecular weight is 174 g/mol. The van der Waals surface area contributed by atoms with Crippen molar-refractivity contribution in [2.45, 2.75) is 20.8 Å². The van der Waals surface area contributed by atoms with Gasteiger partial charge in [0.25, 0.3) is 0 Å². The fourth-order valence-electron chi connectivity index (χ4n) is 1.12. The molecule has 2 heteroatoms. The molecular weight excluding hydrogens is 160 g/mol. The van der Waals surface area contributed by atoms with Gasteiger partial charge < -0.3 is 0 Å². The Bertz CT molecular complexity index is 351. The van der Waals surface area contributed by atoms with Gasteiger partial charge in [-0.15, -0.1) is 0 Å². The van der Waals surface area contributed by atoms with E-state index in [2.05, 4.69) is 16.5 Å². The molecule has 68 valence electrons. The minimum absolute atomic E-state index is 0.887. The lowest BCUT2D eigenvalue weighted by atomic mass is 10.1. The van der Waals surface area contributed by atoms with Crippen LogP contribution >= 0.6 is 0 Å². The van der Waals surface area contributed by atoms with Crippen LogP contribution in [0, 0.1) is 13.8 Å². The zero-order chi connectivity index (χ0) is 9.84. The third kappa shape index (κ3) is 2.25. The van der Waals surface area contributed by atoms with E-state index in [-0.39, 0.29) is 0 Å². The molecule has 1 heterocycles. The summed E-state index contributed by atoms with van der Waals surface area (Å²) in [7, 11) is 0. The summed E-state index contributed by atoms with van der Waals surface area (Å²) < 4.78 is 0. The van der Waals surface area contributed by atoms with Crippen LogP contribution in [-0.2, 0) is 0 Å². The highest BCUT2D eigenvalue weighted by atomic mass is 14.8. The topological polar surface area (TPSA) is 25.8 Å². The molecule has 0 unspecified atom stereocenters. The van der Waals surface area contributed by atoms with Crippen molar-refractivity contribution in [2.24, 2.45) is 0 Å². The molecule has 0 fully saturated rings. The third-order valence-electron chi connectivity index (χ3n) is 1.75. The predicted octanol–water partition coefficient (Wildman–Crippen LogP) is 2.68. The molecule has 1 aromatic heterocycles. The normalized spacial score (nSPS) is 10.7. The molecule has 0 N–H and O–H groups in total. The number of aromatic nitrogens is 2. The van der Waals surface area contributed by atoms with Gasteiger partial charge in [-0.1, -0.05) is 18.7 Å². The van der Waals surface area contributed by atoms with Crippen LogP contribution in [0.2, 0.25) is 0 Å². The molecule has 0 aromatic carbocycles. The van der Waals surface area contributed by atoms with Crippen LogP contribution in [0.25, 0.3) is 5.57 Å². The summed E-state index contributed by atoms with van der Waals surface area (Å²) in [6.45, 7) is 9.76. The Morgan fingerprint density at radius 1 is 1.46 bits per heavy atom. The first-order valence-corrected chi connectivity index (χ1v) is 4.27. The van der Waals surface area contributed by atoms with Gasteiger partial charge in [0, 0.05) is 6.20 Å². The van der Waals surface area contributed by atoms with E-state index in [9.17, 15) is 0 Å². The highest BCUT2D eigenvalue weighted by Gasteiger charge is 2.02. The number of rotatable bonds is 2. The summed E-state index contributed by atoms with van der Waals surface area (Å²) in [6, 6.07) is 0. The van der Waals surface area contributed by atoms with Gasteiger partial charge in [0.05, 0.1) is 17.1 Å². The maximum atomic E-state index is 4.38. The second-order valence-corrected chi connectivity index (χ2v) is 2.97. The molecule has 13 heavy (non-hydrogen) atoms. The largest absolute Gasteiger partial charge is 0.257 e. The Balaban J connectivity index is 3.13. The number of hydrogen-bond acceptors (Lipinski definition) is 2. The summed E-state index contributed by atoms with van der Waals surface area (Å²) in [5.74, 6) is 0. The van der Waals surface area contributed by atoms with Gasteiger partial charge in [0.15, 0.2) is 0 Å². The predicted molar refractivity (Wildman–Crippen MR) is 55.4 cm³/mol. The fraction of sp³-hybridized carbons (Fsp3) is 0.273. The summed E-state index contributed by atoms with van der Waals surface area (Å²) >= 11 is 0. The van der Waals surface area contributed by atoms with Crippen LogP contribution < -0.4 is 0 Å². The minimum atomic E-state index is 0.887. The van der Waals surface area contributed by atoms with E-state index in [0.717, 1.165) is 22.7 Å². The molecule has 0 saturated carbocycles. The van der Waals surface area contributed by atoms with Crippen molar-refractivity contribution in [1.29, 1.82) is 0 Å². The molecule has 0 spiro atoms. The van der Waals surface area contributed by atoms with Crippen LogP contribution in [0.1, 0.15) is 24.0 Å². The average Bonchev–Trinajstić information content (AvgIpc) is 2.09. The minimum Gasteiger partial charge on any atom is -0.257 e. The van der Waals surface area contributed by atoms with E-state index in [4.69, 9.17) is 0 Å². The molecule has 2 nitrogen and oxygen atoms in total. The Hall–Kier alpha value is -1.44. The number of aryl methyl sites for hydroxylation is 2. The van der Waals surface area contributed by atoms with Gasteiger partial charge in [-0.05, 0) is 26.3 Å². The first-order valence-electron chi connectivity index (χ1n) is 4.27. The van der Waals surface area contributed by atoms with Crippen molar-refractivity contribution in [3.8, 4) is 0 Å². The molecule has 0 saturated heterocycles. The van der Waals surface area contributed by atoms with E-state index >= 15 is 0 Å². The van der Waals surface area contributed by atoms with Crippen molar-refractivity contribution in [3.63, 3.8) is 0 Å². The quantitative estimate of drug-likeness (QED) is 0.644. The molecule has 0 radical (unpaired) electrons. The Kier molecular flexibility index (Phi) is 2.96. The summed E-state index contributed by atoms with van der Waals surface area (Å²) in [6.07, 6.45) is 5.66. The van der Waals surface area contributed by atoms with Crippen LogP contribution in [0.15, 0.2) is 24.9 Å². The van der Waals surface area contributed by atoms with E-state index in [1.54, 1.807) is 6.20 Å². The lowest BCUT2D eigenvalue weighted by Gasteiger charge is -2.03. The second kappa shape index (κ2) is 3.99. The Labute approximate surface area is 79.0 Å². The molecule has 0 aliphatic rings. The van der Waals surface area contributed by atoms with Gasteiger partial charge in [-0.2, -0.15) is 0 Å². The molecule has 0 bridgehead atoms. The fourth-order valence-corrected chi connectivity index (χ4v) is 1.12. The smallest absolute Gasteiger partial charge is 0.0911 e. The highest BCUT2D eigenvalue weighted by Crippen LogP contribution is 2.14. The SMILES string of the molecule is C=C(/C=C\C)c1nc(C)cnc1C. The standard InChI is InChI=1S/C11H14N2/c1-5-6-8(2)11-10(4)12-7-9(3)13-11/h5-7H,2H2,1,3-4H3/b6-5-. The lowest BCUT2D eigenvalue weighted by molar-refractivity contribution is 1.04. The number of nitrogens with zero attached hydrogens (tertiary/aromatic N) is 2. The second-order valence-electron chi connectivity index (χ2n) is 2.97. The molecule has 0 amide bonds. The highest BCUT2D eigenvalue weighted by molar-refractivity contribution is 5.70. The van der Waals surface area contributed by atoms with E-state index in [1.165, 1.54) is 0 Å². The zero-order valence-electron chi connectivity index (χ0n) is 8.33. The zero-order valence-corrected chi connectivity index (χ0v) is 8.33. The van der Waals surface area contributed by atoms with Crippen molar-refractivity contribution < 1.29 is 0 Å². The van der Waals surface area contributed by atoms with Crippen molar-refractivity contribution in [1.82, 2.24) is 9.97 Å². The molecule has 1 aromatic rings. The van der Waals surface area contributed by atoms with Crippen LogP contribution in [0.3, 0.4) is 0 Å². The maximum absolute atomic E-state index is 4.38. The molecule has 1 rings (SSSR count). The molecular formula is C11H14N2. The first-order chi connectivity index (χ1) is 6.15. The molecule has 0 aliphatic carbocycles. The van der Waals surface area contributed by atoms with Crippen LogP contribution in [-0.4, -0.2) is 9.97 Å². The Morgan fingerprint density at radius 3 is 2.77 bits per heavy atom.